The van der Waals surface area contributed by atoms with Crippen LogP contribution < -0.4 is 5.73 Å². The third kappa shape index (κ3) is 7.78. The second-order valence-electron chi connectivity index (χ2n) is 1.82. The molecular weight excluding hydrogens is 150 g/mol. The lowest BCUT2D eigenvalue weighted by molar-refractivity contribution is -0.117. The highest BCUT2D eigenvalue weighted by Crippen LogP contribution is 2.00. The number of amides is 1. The van der Waals surface area contributed by atoms with Gasteiger partial charge in [-0.15, -0.1) is 0 Å². The van der Waals surface area contributed by atoms with E-state index in [2.05, 4.69) is 0 Å². The van der Waals surface area contributed by atoms with Crippen LogP contribution >= 0.6 is 11.8 Å². The second-order valence-corrected chi connectivity index (χ2v) is 3.05. The highest BCUT2D eigenvalue weighted by atomic mass is 32.2. The number of rotatable bonds is 6. The molecule has 0 aromatic carbocycles. The van der Waals surface area contributed by atoms with Gasteiger partial charge in [-0.05, 0) is 0 Å². The minimum atomic E-state index is -0.232. The Balaban J connectivity index is 2.84. The van der Waals surface area contributed by atoms with Gasteiger partial charge in [-0.1, -0.05) is 0 Å². The zero-order chi connectivity index (χ0) is 7.82. The summed E-state index contributed by atoms with van der Waals surface area (Å²) < 4.78 is 4.81. The molecule has 0 atom stereocenters. The maximum absolute atomic E-state index is 10.2. The van der Waals surface area contributed by atoms with E-state index in [1.54, 1.807) is 18.9 Å². The van der Waals surface area contributed by atoms with Crippen molar-refractivity contribution in [3.63, 3.8) is 0 Å². The van der Waals surface area contributed by atoms with Gasteiger partial charge in [0.05, 0.1) is 6.61 Å². The molecule has 0 heterocycles. The molecule has 60 valence electrons. The molecule has 0 bridgehead atoms. The van der Waals surface area contributed by atoms with Gasteiger partial charge in [-0.2, -0.15) is 11.8 Å². The minimum absolute atomic E-state index is 0.232. The van der Waals surface area contributed by atoms with Crippen molar-refractivity contribution in [2.75, 3.05) is 25.2 Å². The molecule has 0 saturated heterocycles. The van der Waals surface area contributed by atoms with Crippen LogP contribution in [0.2, 0.25) is 0 Å². The van der Waals surface area contributed by atoms with Crippen molar-refractivity contribution in [2.24, 2.45) is 5.73 Å². The number of ether oxygens (including phenoxy) is 1. The Hall–Kier alpha value is -0.220. The highest BCUT2D eigenvalue weighted by molar-refractivity contribution is 7.99. The number of hydrogen-bond donors (Lipinski definition) is 1. The van der Waals surface area contributed by atoms with E-state index in [1.807, 2.05) is 0 Å². The van der Waals surface area contributed by atoms with Crippen molar-refractivity contribution in [1.29, 1.82) is 0 Å². The van der Waals surface area contributed by atoms with Crippen molar-refractivity contribution >= 4 is 17.7 Å². The van der Waals surface area contributed by atoms with Gasteiger partial charge in [-0.3, -0.25) is 4.79 Å². The van der Waals surface area contributed by atoms with E-state index in [-0.39, 0.29) is 5.91 Å². The number of carbonyl (C=O) groups is 1. The molecule has 2 N–H and O–H groups in total. The van der Waals surface area contributed by atoms with Gasteiger partial charge in [-0.25, -0.2) is 0 Å². The predicted molar refractivity (Wildman–Crippen MR) is 43.0 cm³/mol. The summed E-state index contributed by atoms with van der Waals surface area (Å²) in [6.07, 6.45) is 0.467. The molecule has 0 aliphatic rings. The van der Waals surface area contributed by atoms with Crippen molar-refractivity contribution in [2.45, 2.75) is 6.42 Å². The molecular formula is C6H13NO2S. The zero-order valence-electron chi connectivity index (χ0n) is 6.13. The lowest BCUT2D eigenvalue weighted by Crippen LogP contribution is -2.11. The third-order valence-corrected chi connectivity index (χ3v) is 1.87. The normalized spacial score (nSPS) is 9.70. The number of hydrogen-bond acceptors (Lipinski definition) is 3. The Morgan fingerprint density at radius 2 is 2.30 bits per heavy atom. The Labute approximate surface area is 65.3 Å². The van der Waals surface area contributed by atoms with E-state index in [0.717, 1.165) is 18.1 Å². The smallest absolute Gasteiger partial charge is 0.218 e. The Morgan fingerprint density at radius 3 is 2.80 bits per heavy atom. The molecule has 4 heteroatoms. The molecule has 3 nitrogen and oxygen atoms in total. The van der Waals surface area contributed by atoms with Crippen LogP contribution in [0.4, 0.5) is 0 Å². The summed E-state index contributed by atoms with van der Waals surface area (Å²) in [5.41, 5.74) is 4.92. The van der Waals surface area contributed by atoms with Gasteiger partial charge in [0.15, 0.2) is 0 Å². The Morgan fingerprint density at radius 1 is 1.60 bits per heavy atom. The van der Waals surface area contributed by atoms with E-state index < -0.39 is 0 Å². The molecule has 0 aromatic rings. The number of nitrogens with two attached hydrogens (primary N) is 1. The standard InChI is InChI=1S/C6H13NO2S/c1-9-3-5-10-4-2-6(7)8/h2-5H2,1H3,(H2,7,8). The van der Waals surface area contributed by atoms with Crippen LogP contribution in [0.1, 0.15) is 6.42 Å². The molecule has 0 aliphatic carbocycles. The van der Waals surface area contributed by atoms with E-state index >= 15 is 0 Å². The van der Waals surface area contributed by atoms with Crippen LogP contribution in [0.5, 0.6) is 0 Å². The molecule has 0 saturated carbocycles. The summed E-state index contributed by atoms with van der Waals surface area (Å²) in [4.78, 5) is 10.2. The van der Waals surface area contributed by atoms with E-state index in [1.165, 1.54) is 0 Å². The average molecular weight is 163 g/mol. The molecule has 0 aromatic heterocycles. The first kappa shape index (κ1) is 9.78. The number of carbonyl (C=O) groups excluding carboxylic acids is 1. The quantitative estimate of drug-likeness (QED) is 0.571. The number of primary amides is 1. The van der Waals surface area contributed by atoms with Crippen LogP contribution in [0.3, 0.4) is 0 Å². The van der Waals surface area contributed by atoms with E-state index in [0.29, 0.717) is 6.42 Å². The van der Waals surface area contributed by atoms with Crippen molar-refractivity contribution in [1.82, 2.24) is 0 Å². The number of methoxy groups -OCH3 is 1. The van der Waals surface area contributed by atoms with Crippen LogP contribution in [-0.2, 0) is 9.53 Å². The van der Waals surface area contributed by atoms with Gasteiger partial charge < -0.3 is 10.5 Å². The molecule has 0 aliphatic heterocycles. The molecule has 0 rings (SSSR count). The van der Waals surface area contributed by atoms with Gasteiger partial charge in [0.2, 0.25) is 5.91 Å². The predicted octanol–water partition coefficient (Wildman–Crippen LogP) is 0.241. The molecule has 0 spiro atoms. The van der Waals surface area contributed by atoms with Crippen LogP contribution in [0.25, 0.3) is 0 Å². The van der Waals surface area contributed by atoms with Crippen molar-refractivity contribution in [3.05, 3.63) is 0 Å². The summed E-state index contributed by atoms with van der Waals surface area (Å²) >= 11 is 1.68. The lowest BCUT2D eigenvalue weighted by Gasteiger charge is -1.97. The van der Waals surface area contributed by atoms with Crippen molar-refractivity contribution in [3.8, 4) is 0 Å². The summed E-state index contributed by atoms with van der Waals surface area (Å²) in [5.74, 6) is 1.51. The first-order chi connectivity index (χ1) is 4.77. The SMILES string of the molecule is COCCSCCC(N)=O. The minimum Gasteiger partial charge on any atom is -0.384 e. The summed E-state index contributed by atoms with van der Waals surface area (Å²) in [6, 6.07) is 0. The van der Waals surface area contributed by atoms with Crippen LogP contribution in [-0.4, -0.2) is 31.1 Å². The average Bonchev–Trinajstić information content (AvgIpc) is 1.87. The zero-order valence-corrected chi connectivity index (χ0v) is 6.95. The first-order valence-electron chi connectivity index (χ1n) is 3.12. The van der Waals surface area contributed by atoms with Crippen LogP contribution in [0, 0.1) is 0 Å². The van der Waals surface area contributed by atoms with Gasteiger partial charge in [0.1, 0.15) is 0 Å². The molecule has 1 amide bonds. The molecule has 10 heavy (non-hydrogen) atoms. The molecule has 0 fully saturated rings. The Bertz CT molecular complexity index is 97.7. The first-order valence-corrected chi connectivity index (χ1v) is 4.28. The monoisotopic (exact) mass is 163 g/mol. The highest BCUT2D eigenvalue weighted by Gasteiger charge is 1.93. The second kappa shape index (κ2) is 6.89. The van der Waals surface area contributed by atoms with Gasteiger partial charge in [0, 0.05) is 25.0 Å². The lowest BCUT2D eigenvalue weighted by atomic mass is 10.5. The third-order valence-electron chi connectivity index (χ3n) is 0.925. The number of thioether (sulfide) groups is 1. The maximum Gasteiger partial charge on any atom is 0.218 e. The van der Waals surface area contributed by atoms with Gasteiger partial charge in [0.25, 0.3) is 0 Å². The summed E-state index contributed by atoms with van der Waals surface area (Å²) in [6.45, 7) is 0.740. The Kier molecular flexibility index (Phi) is 6.74. The fraction of sp³-hybridized carbons (Fsp3) is 0.833. The fourth-order valence-electron chi connectivity index (χ4n) is 0.417. The summed E-state index contributed by atoms with van der Waals surface area (Å²) in [5, 5.41) is 0. The molecule has 0 unspecified atom stereocenters. The van der Waals surface area contributed by atoms with Crippen molar-refractivity contribution < 1.29 is 9.53 Å². The van der Waals surface area contributed by atoms with Gasteiger partial charge >= 0.3 is 0 Å². The largest absolute Gasteiger partial charge is 0.384 e. The fourth-order valence-corrected chi connectivity index (χ4v) is 1.25. The molecule has 0 radical (unpaired) electrons. The van der Waals surface area contributed by atoms with Crippen LogP contribution in [0.15, 0.2) is 0 Å². The summed E-state index contributed by atoms with van der Waals surface area (Å²) in [7, 11) is 1.66. The topological polar surface area (TPSA) is 52.3 Å². The maximum atomic E-state index is 10.2. The van der Waals surface area contributed by atoms with E-state index in [4.69, 9.17) is 10.5 Å². The van der Waals surface area contributed by atoms with E-state index in [9.17, 15) is 4.79 Å².